The standard InChI is InChI=1S/C20H20F4N6.ClH/c1-12(14-3-2-4-16(18(14)21)20(22,23)24)26-19-15-11-13(30-9-7-25-8-10-30)5-6-17(15)27-29-28-19;/h2-6,11-12,25H,7-10H2,1H3,(H,26,27,28);1H/t12-;/m1./s1. The largest absolute Gasteiger partial charge is 0.419 e. The molecule has 0 bridgehead atoms. The van der Waals surface area contributed by atoms with Gasteiger partial charge in [0.15, 0.2) is 5.82 Å². The van der Waals surface area contributed by atoms with Gasteiger partial charge < -0.3 is 15.5 Å². The Morgan fingerprint density at radius 3 is 2.55 bits per heavy atom. The van der Waals surface area contributed by atoms with Crippen LogP contribution in [0.2, 0.25) is 0 Å². The summed E-state index contributed by atoms with van der Waals surface area (Å²) in [5.74, 6) is -0.959. The summed E-state index contributed by atoms with van der Waals surface area (Å²) in [6.07, 6.45) is -4.76. The fourth-order valence-electron chi connectivity index (χ4n) is 3.58. The number of hydrogen-bond donors (Lipinski definition) is 2. The molecule has 2 heterocycles. The van der Waals surface area contributed by atoms with Crippen LogP contribution in [0.5, 0.6) is 0 Å². The second-order valence-corrected chi connectivity index (χ2v) is 7.15. The van der Waals surface area contributed by atoms with Crippen LogP contribution in [0.3, 0.4) is 0 Å². The lowest BCUT2D eigenvalue weighted by Crippen LogP contribution is -2.43. The van der Waals surface area contributed by atoms with E-state index in [1.54, 1.807) is 6.92 Å². The predicted octanol–water partition coefficient (Wildman–Crippen LogP) is 4.19. The van der Waals surface area contributed by atoms with Crippen LogP contribution >= 0.6 is 12.4 Å². The van der Waals surface area contributed by atoms with E-state index in [9.17, 15) is 17.6 Å². The lowest BCUT2D eigenvalue weighted by Gasteiger charge is -2.29. The molecule has 3 aromatic rings. The van der Waals surface area contributed by atoms with Crippen molar-refractivity contribution >= 4 is 34.8 Å². The van der Waals surface area contributed by atoms with E-state index in [1.165, 1.54) is 12.1 Å². The lowest BCUT2D eigenvalue weighted by molar-refractivity contribution is -0.140. The van der Waals surface area contributed by atoms with Crippen molar-refractivity contribution in [3.63, 3.8) is 0 Å². The monoisotopic (exact) mass is 456 g/mol. The average molecular weight is 457 g/mol. The Labute approximate surface area is 182 Å². The molecule has 31 heavy (non-hydrogen) atoms. The van der Waals surface area contributed by atoms with Crippen LogP contribution in [0.15, 0.2) is 36.4 Å². The molecule has 1 aliphatic rings. The minimum atomic E-state index is -4.76. The second kappa shape index (κ2) is 9.19. The molecule has 2 aromatic carbocycles. The number of aromatic nitrogens is 3. The molecule has 0 unspecified atom stereocenters. The number of benzene rings is 2. The van der Waals surface area contributed by atoms with Gasteiger partial charge in [-0.2, -0.15) is 13.2 Å². The molecule has 0 amide bonds. The second-order valence-electron chi connectivity index (χ2n) is 7.15. The van der Waals surface area contributed by atoms with Crippen LogP contribution in [0.1, 0.15) is 24.1 Å². The number of nitrogens with one attached hydrogen (secondary N) is 2. The van der Waals surface area contributed by atoms with Crippen molar-refractivity contribution in [3.8, 4) is 0 Å². The number of halogens is 5. The van der Waals surface area contributed by atoms with Crippen LogP contribution in [0, 0.1) is 5.82 Å². The Kier molecular flexibility index (Phi) is 6.80. The highest BCUT2D eigenvalue weighted by Gasteiger charge is 2.35. The van der Waals surface area contributed by atoms with Gasteiger partial charge in [-0.3, -0.25) is 0 Å². The number of nitrogens with zero attached hydrogens (tertiary/aromatic N) is 4. The molecule has 0 saturated carbocycles. The third-order valence-corrected chi connectivity index (χ3v) is 5.17. The Morgan fingerprint density at radius 2 is 1.84 bits per heavy atom. The first-order valence-corrected chi connectivity index (χ1v) is 9.55. The van der Waals surface area contributed by atoms with Crippen molar-refractivity contribution in [2.45, 2.75) is 19.1 Å². The number of hydrogen-bond acceptors (Lipinski definition) is 6. The zero-order chi connectivity index (χ0) is 21.3. The molecule has 1 aliphatic heterocycles. The molecule has 0 radical (unpaired) electrons. The normalized spacial score (nSPS) is 15.5. The Morgan fingerprint density at radius 1 is 1.10 bits per heavy atom. The van der Waals surface area contributed by atoms with Gasteiger partial charge in [0.05, 0.1) is 17.1 Å². The molecule has 0 aliphatic carbocycles. The quantitative estimate of drug-likeness (QED) is 0.574. The van der Waals surface area contributed by atoms with E-state index >= 15 is 0 Å². The zero-order valence-corrected chi connectivity index (χ0v) is 17.4. The van der Waals surface area contributed by atoms with E-state index in [-0.39, 0.29) is 18.0 Å². The fourth-order valence-corrected chi connectivity index (χ4v) is 3.58. The molecular formula is C20H21ClF4N6. The van der Waals surface area contributed by atoms with Gasteiger partial charge in [-0.25, -0.2) is 4.39 Å². The maximum atomic E-state index is 14.5. The molecule has 1 fully saturated rings. The van der Waals surface area contributed by atoms with Gasteiger partial charge in [-0.05, 0) is 36.4 Å². The van der Waals surface area contributed by atoms with Crippen molar-refractivity contribution in [1.29, 1.82) is 0 Å². The van der Waals surface area contributed by atoms with E-state index < -0.39 is 23.6 Å². The van der Waals surface area contributed by atoms with Crippen LogP contribution in [0.25, 0.3) is 10.9 Å². The summed E-state index contributed by atoms with van der Waals surface area (Å²) < 4.78 is 53.7. The smallest absolute Gasteiger partial charge is 0.369 e. The lowest BCUT2D eigenvalue weighted by atomic mass is 10.0. The molecule has 166 valence electrons. The predicted molar refractivity (Wildman–Crippen MR) is 113 cm³/mol. The van der Waals surface area contributed by atoms with Crippen LogP contribution in [0.4, 0.5) is 29.1 Å². The molecule has 2 N–H and O–H groups in total. The molecule has 11 heteroatoms. The molecule has 6 nitrogen and oxygen atoms in total. The molecule has 4 rings (SSSR count). The van der Waals surface area contributed by atoms with Crippen LogP contribution < -0.4 is 15.5 Å². The van der Waals surface area contributed by atoms with Gasteiger partial charge >= 0.3 is 6.18 Å². The van der Waals surface area contributed by atoms with Gasteiger partial charge in [0.2, 0.25) is 0 Å². The highest BCUT2D eigenvalue weighted by Crippen LogP contribution is 2.35. The third-order valence-electron chi connectivity index (χ3n) is 5.17. The number of anilines is 2. The van der Waals surface area contributed by atoms with Gasteiger partial charge in [0, 0.05) is 42.8 Å². The average Bonchev–Trinajstić information content (AvgIpc) is 2.73. The van der Waals surface area contributed by atoms with E-state index in [2.05, 4.69) is 30.9 Å². The summed E-state index contributed by atoms with van der Waals surface area (Å²) >= 11 is 0. The number of fused-ring (bicyclic) bond motifs is 1. The van der Waals surface area contributed by atoms with Gasteiger partial charge in [0.1, 0.15) is 5.82 Å². The highest BCUT2D eigenvalue weighted by atomic mass is 35.5. The number of alkyl halides is 3. The fraction of sp³-hybridized carbons (Fsp3) is 0.350. The van der Waals surface area contributed by atoms with Crippen molar-refractivity contribution in [2.24, 2.45) is 0 Å². The first kappa shape index (κ1) is 23.0. The number of rotatable bonds is 4. The molecule has 0 spiro atoms. The molecular weight excluding hydrogens is 436 g/mol. The van der Waals surface area contributed by atoms with Gasteiger partial charge in [0.25, 0.3) is 0 Å². The Balaban J connectivity index is 0.00000272. The van der Waals surface area contributed by atoms with Crippen LogP contribution in [-0.4, -0.2) is 41.6 Å². The van der Waals surface area contributed by atoms with Gasteiger partial charge in [-0.1, -0.05) is 12.1 Å². The highest BCUT2D eigenvalue weighted by molar-refractivity contribution is 5.91. The topological polar surface area (TPSA) is 66.0 Å². The summed E-state index contributed by atoms with van der Waals surface area (Å²) in [6, 6.07) is 8.16. The van der Waals surface area contributed by atoms with Crippen molar-refractivity contribution in [1.82, 2.24) is 20.7 Å². The maximum Gasteiger partial charge on any atom is 0.419 e. The molecule has 1 aromatic heterocycles. The van der Waals surface area contributed by atoms with E-state index in [4.69, 9.17) is 0 Å². The van der Waals surface area contributed by atoms with Crippen LogP contribution in [-0.2, 0) is 6.18 Å². The minimum Gasteiger partial charge on any atom is -0.369 e. The van der Waals surface area contributed by atoms with E-state index in [0.717, 1.165) is 37.9 Å². The van der Waals surface area contributed by atoms with E-state index in [1.807, 2.05) is 18.2 Å². The molecule has 1 atom stereocenters. The summed E-state index contributed by atoms with van der Waals surface area (Å²) in [4.78, 5) is 2.22. The number of piperazine rings is 1. The van der Waals surface area contributed by atoms with E-state index in [0.29, 0.717) is 16.7 Å². The Bertz CT molecular complexity index is 1060. The Hall–Kier alpha value is -2.72. The third kappa shape index (κ3) is 4.80. The van der Waals surface area contributed by atoms with Crippen molar-refractivity contribution < 1.29 is 17.6 Å². The van der Waals surface area contributed by atoms with Crippen molar-refractivity contribution in [3.05, 3.63) is 53.3 Å². The first-order valence-electron chi connectivity index (χ1n) is 9.55. The summed E-state index contributed by atoms with van der Waals surface area (Å²) in [6.45, 7) is 5.04. The first-order chi connectivity index (χ1) is 14.3. The SMILES string of the molecule is C[C@@H](Nc1nnnc2ccc(N3CCNCC3)cc12)c1cccc(C(F)(F)F)c1F.Cl. The summed E-state index contributed by atoms with van der Waals surface area (Å²) in [5, 5.41) is 18.7. The zero-order valence-electron chi connectivity index (χ0n) is 16.6. The van der Waals surface area contributed by atoms with Crippen molar-refractivity contribution in [2.75, 3.05) is 36.4 Å². The van der Waals surface area contributed by atoms with Gasteiger partial charge in [-0.15, -0.1) is 22.6 Å². The minimum absolute atomic E-state index is 0. The molecule has 1 saturated heterocycles. The summed E-state index contributed by atoms with van der Waals surface area (Å²) in [5.41, 5.74) is 0.179. The summed E-state index contributed by atoms with van der Waals surface area (Å²) in [7, 11) is 0. The maximum absolute atomic E-state index is 14.5.